The van der Waals surface area contributed by atoms with Crippen LogP contribution in [0.4, 0.5) is 0 Å². The van der Waals surface area contributed by atoms with E-state index in [2.05, 4.69) is 12.6 Å². The number of aliphatic hydroxyl groups is 1. The SMILES string of the molecule is C=C(C(=O)OCC)C(O)c1cccc(C2CC2)c1. The van der Waals surface area contributed by atoms with E-state index in [-0.39, 0.29) is 12.2 Å². The second-order valence-corrected chi connectivity index (χ2v) is 4.59. The van der Waals surface area contributed by atoms with Crippen molar-refractivity contribution in [2.75, 3.05) is 6.61 Å². The van der Waals surface area contributed by atoms with Gasteiger partial charge in [-0.2, -0.15) is 0 Å². The fourth-order valence-corrected chi connectivity index (χ4v) is 1.94. The normalized spacial score (nSPS) is 16.1. The Balaban J connectivity index is 2.12. The summed E-state index contributed by atoms with van der Waals surface area (Å²) in [5.41, 5.74) is 2.02. The van der Waals surface area contributed by atoms with Crippen LogP contribution in [0.15, 0.2) is 36.4 Å². The summed E-state index contributed by atoms with van der Waals surface area (Å²) < 4.78 is 4.84. The minimum Gasteiger partial charge on any atom is -0.463 e. The molecule has 3 heteroatoms. The molecule has 0 amide bonds. The standard InChI is InChI=1S/C15H18O3/c1-3-18-15(17)10(2)14(16)13-6-4-5-12(9-13)11-7-8-11/h4-6,9,11,14,16H,2-3,7-8H2,1H3. The Morgan fingerprint density at radius 2 is 2.28 bits per heavy atom. The number of benzene rings is 1. The molecule has 0 radical (unpaired) electrons. The quantitative estimate of drug-likeness (QED) is 0.642. The minimum absolute atomic E-state index is 0.0878. The Hall–Kier alpha value is -1.61. The van der Waals surface area contributed by atoms with Crippen molar-refractivity contribution in [3.8, 4) is 0 Å². The van der Waals surface area contributed by atoms with Gasteiger partial charge in [-0.25, -0.2) is 4.79 Å². The van der Waals surface area contributed by atoms with Crippen LogP contribution >= 0.6 is 0 Å². The first-order valence-electron chi connectivity index (χ1n) is 6.27. The molecule has 0 heterocycles. The zero-order valence-corrected chi connectivity index (χ0v) is 10.6. The maximum absolute atomic E-state index is 11.5. The molecule has 1 aliphatic rings. The van der Waals surface area contributed by atoms with E-state index in [9.17, 15) is 9.90 Å². The van der Waals surface area contributed by atoms with Gasteiger partial charge in [0.2, 0.25) is 0 Å². The fourth-order valence-electron chi connectivity index (χ4n) is 1.94. The first-order chi connectivity index (χ1) is 8.63. The predicted octanol–water partition coefficient (Wildman–Crippen LogP) is 2.72. The van der Waals surface area contributed by atoms with Gasteiger partial charge in [0.15, 0.2) is 0 Å². The van der Waals surface area contributed by atoms with Crippen LogP contribution in [-0.2, 0) is 9.53 Å². The smallest absolute Gasteiger partial charge is 0.336 e. The van der Waals surface area contributed by atoms with E-state index in [0.717, 1.165) is 0 Å². The van der Waals surface area contributed by atoms with Gasteiger partial charge in [0.05, 0.1) is 12.2 Å². The molecule has 1 atom stereocenters. The number of ether oxygens (including phenoxy) is 1. The molecule has 1 aromatic rings. The molecule has 0 spiro atoms. The Morgan fingerprint density at radius 1 is 1.56 bits per heavy atom. The first-order valence-corrected chi connectivity index (χ1v) is 6.27. The van der Waals surface area contributed by atoms with Crippen molar-refractivity contribution in [2.45, 2.75) is 31.8 Å². The van der Waals surface area contributed by atoms with Gasteiger partial charge in [-0.15, -0.1) is 0 Å². The van der Waals surface area contributed by atoms with Gasteiger partial charge in [0.25, 0.3) is 0 Å². The van der Waals surface area contributed by atoms with Gasteiger partial charge in [-0.05, 0) is 36.8 Å². The van der Waals surface area contributed by atoms with Crippen molar-refractivity contribution in [3.05, 3.63) is 47.5 Å². The van der Waals surface area contributed by atoms with Crippen LogP contribution in [0.5, 0.6) is 0 Å². The van der Waals surface area contributed by atoms with Gasteiger partial charge in [0.1, 0.15) is 6.10 Å². The lowest BCUT2D eigenvalue weighted by molar-refractivity contribution is -0.139. The number of hydrogen-bond acceptors (Lipinski definition) is 3. The summed E-state index contributed by atoms with van der Waals surface area (Å²) in [5, 5.41) is 10.1. The summed E-state index contributed by atoms with van der Waals surface area (Å²) in [6.45, 7) is 5.63. The molecule has 0 bridgehead atoms. The Morgan fingerprint density at radius 3 is 2.89 bits per heavy atom. The van der Waals surface area contributed by atoms with Crippen LogP contribution in [0.1, 0.15) is 42.9 Å². The van der Waals surface area contributed by atoms with Gasteiger partial charge in [-0.1, -0.05) is 30.8 Å². The Bertz CT molecular complexity index is 461. The lowest BCUT2D eigenvalue weighted by Gasteiger charge is -2.14. The molecule has 1 aliphatic carbocycles. The average Bonchev–Trinajstić information content (AvgIpc) is 3.22. The maximum Gasteiger partial charge on any atom is 0.336 e. The van der Waals surface area contributed by atoms with Gasteiger partial charge < -0.3 is 9.84 Å². The van der Waals surface area contributed by atoms with Crippen molar-refractivity contribution in [3.63, 3.8) is 0 Å². The number of hydrogen-bond donors (Lipinski definition) is 1. The summed E-state index contributed by atoms with van der Waals surface area (Å²) in [6.07, 6.45) is 1.43. The van der Waals surface area contributed by atoms with Crippen molar-refractivity contribution in [1.29, 1.82) is 0 Å². The summed E-state index contributed by atoms with van der Waals surface area (Å²) in [5.74, 6) is 0.0785. The largest absolute Gasteiger partial charge is 0.463 e. The van der Waals surface area contributed by atoms with Crippen LogP contribution in [-0.4, -0.2) is 17.7 Å². The highest BCUT2D eigenvalue weighted by atomic mass is 16.5. The van der Waals surface area contributed by atoms with Crippen LogP contribution in [0.3, 0.4) is 0 Å². The average molecular weight is 246 g/mol. The zero-order valence-electron chi connectivity index (χ0n) is 10.6. The number of carbonyl (C=O) groups is 1. The van der Waals surface area contributed by atoms with E-state index in [4.69, 9.17) is 4.74 Å². The van der Waals surface area contributed by atoms with E-state index in [1.165, 1.54) is 18.4 Å². The van der Waals surface area contributed by atoms with Crippen molar-refractivity contribution >= 4 is 5.97 Å². The van der Waals surface area contributed by atoms with Crippen molar-refractivity contribution < 1.29 is 14.6 Å². The molecule has 1 aromatic carbocycles. The van der Waals surface area contributed by atoms with Crippen LogP contribution in [0.2, 0.25) is 0 Å². The number of aliphatic hydroxyl groups excluding tert-OH is 1. The lowest BCUT2D eigenvalue weighted by atomic mass is 9.99. The van der Waals surface area contributed by atoms with Crippen molar-refractivity contribution in [2.24, 2.45) is 0 Å². The minimum atomic E-state index is -0.984. The molecule has 1 N–H and O–H groups in total. The maximum atomic E-state index is 11.5. The molecule has 1 saturated carbocycles. The molecule has 96 valence electrons. The van der Waals surface area contributed by atoms with Crippen LogP contribution in [0.25, 0.3) is 0 Å². The fraction of sp³-hybridized carbons (Fsp3) is 0.400. The molecule has 0 saturated heterocycles. The van der Waals surface area contributed by atoms with Crippen LogP contribution < -0.4 is 0 Å². The van der Waals surface area contributed by atoms with Crippen molar-refractivity contribution in [1.82, 2.24) is 0 Å². The second-order valence-electron chi connectivity index (χ2n) is 4.59. The van der Waals surface area contributed by atoms with E-state index >= 15 is 0 Å². The molecule has 18 heavy (non-hydrogen) atoms. The highest BCUT2D eigenvalue weighted by molar-refractivity contribution is 5.89. The van der Waals surface area contributed by atoms with E-state index in [0.29, 0.717) is 11.5 Å². The molecule has 0 aromatic heterocycles. The third-order valence-electron chi connectivity index (χ3n) is 3.14. The second kappa shape index (κ2) is 5.36. The van der Waals surface area contributed by atoms with Crippen LogP contribution in [0, 0.1) is 0 Å². The molecule has 3 nitrogen and oxygen atoms in total. The Labute approximate surface area is 107 Å². The molecule has 1 unspecified atom stereocenters. The van der Waals surface area contributed by atoms with Gasteiger partial charge in [0, 0.05) is 0 Å². The number of carbonyl (C=O) groups excluding carboxylic acids is 1. The van der Waals surface area contributed by atoms with Gasteiger partial charge in [-0.3, -0.25) is 0 Å². The molecule has 0 aliphatic heterocycles. The van der Waals surface area contributed by atoms with Gasteiger partial charge >= 0.3 is 5.97 Å². The third-order valence-corrected chi connectivity index (χ3v) is 3.14. The monoisotopic (exact) mass is 246 g/mol. The first kappa shape index (κ1) is 12.8. The van der Waals surface area contributed by atoms with E-state index in [1.54, 1.807) is 13.0 Å². The van der Waals surface area contributed by atoms with E-state index in [1.807, 2.05) is 12.1 Å². The van der Waals surface area contributed by atoms with E-state index < -0.39 is 12.1 Å². The Kier molecular flexibility index (Phi) is 3.82. The number of esters is 1. The summed E-state index contributed by atoms with van der Waals surface area (Å²) in [4.78, 5) is 11.5. The molecular weight excluding hydrogens is 228 g/mol. The molecular formula is C15H18O3. The molecule has 1 fully saturated rings. The lowest BCUT2D eigenvalue weighted by Crippen LogP contribution is -2.13. The molecule has 2 rings (SSSR count). The number of rotatable bonds is 5. The zero-order chi connectivity index (χ0) is 13.1. The summed E-state index contributed by atoms with van der Waals surface area (Å²) in [7, 11) is 0. The highest BCUT2D eigenvalue weighted by Crippen LogP contribution is 2.40. The highest BCUT2D eigenvalue weighted by Gasteiger charge is 2.25. The third kappa shape index (κ3) is 2.79. The topological polar surface area (TPSA) is 46.5 Å². The predicted molar refractivity (Wildman–Crippen MR) is 69.1 cm³/mol. The summed E-state index contributed by atoms with van der Waals surface area (Å²) >= 11 is 0. The summed E-state index contributed by atoms with van der Waals surface area (Å²) in [6, 6.07) is 7.72.